The van der Waals surface area contributed by atoms with Gasteiger partial charge in [-0.1, -0.05) is 74.9 Å². The molecular weight excluding hydrogens is 734 g/mol. The van der Waals surface area contributed by atoms with Crippen molar-refractivity contribution in [3.8, 4) is 23.0 Å². The van der Waals surface area contributed by atoms with Crippen LogP contribution in [0.1, 0.15) is 88.2 Å². The Morgan fingerprint density at radius 3 is 1.43 bits per heavy atom. The van der Waals surface area contributed by atoms with Crippen molar-refractivity contribution in [3.05, 3.63) is 94.6 Å². The zero-order valence-electron chi connectivity index (χ0n) is 31.5. The second kappa shape index (κ2) is 20.1. The van der Waals surface area contributed by atoms with Crippen molar-refractivity contribution in [3.63, 3.8) is 0 Å². The van der Waals surface area contributed by atoms with Crippen LogP contribution in [-0.4, -0.2) is 74.7 Å². The summed E-state index contributed by atoms with van der Waals surface area (Å²) >= 11 is 0. The summed E-state index contributed by atoms with van der Waals surface area (Å²) in [6.45, 7) is 7.47. The Bertz CT molecular complexity index is 1850. The van der Waals surface area contributed by atoms with E-state index in [1.54, 1.807) is 62.4 Å². The minimum Gasteiger partial charge on any atom is -0.464 e. The van der Waals surface area contributed by atoms with E-state index < -0.39 is 72.5 Å². The number of rotatable bonds is 15. The third kappa shape index (κ3) is 10.2. The Balaban J connectivity index is 1.25. The standard InChI is InChI=1S/C42H44F2O12/c1-5-9-23-51-39(47)35-36(40(48)52-24-10-6-2)54-41(53-35)28-19-15-26(16-20-28)12-11-25-13-17-27(18-14-25)29-21-22-30(32(44)31(29)43)42-55-33(37(45)49-7-3)34(56-42)38(46)50-8-4/h13-22,33-36,41-42H,5-10,23-24H2,1-4H3/t33-,34-,35-,36-/m1/s1. The predicted octanol–water partition coefficient (Wildman–Crippen LogP) is 6.41. The van der Waals surface area contributed by atoms with Crippen LogP contribution in [0.5, 0.6) is 0 Å². The number of benzene rings is 3. The molecule has 3 aromatic carbocycles. The maximum absolute atomic E-state index is 15.5. The molecule has 0 N–H and O–H groups in total. The number of carbonyl (C=O) groups excluding carboxylic acids is 4. The van der Waals surface area contributed by atoms with Crippen LogP contribution in [0.15, 0.2) is 60.7 Å². The number of esters is 4. The summed E-state index contributed by atoms with van der Waals surface area (Å²) in [6.07, 6.45) is -5.19. The topological polar surface area (TPSA) is 142 Å². The number of carbonyl (C=O) groups is 4. The minimum absolute atomic E-state index is 0.00275. The Hall–Kier alpha value is -5.20. The normalized spacial score (nSPS) is 19.5. The quantitative estimate of drug-likeness (QED) is 0.0729. The molecule has 0 aromatic heterocycles. The lowest BCUT2D eigenvalue weighted by molar-refractivity contribution is -0.163. The predicted molar refractivity (Wildman–Crippen MR) is 194 cm³/mol. The molecule has 298 valence electrons. The molecule has 0 aliphatic carbocycles. The molecule has 2 saturated heterocycles. The van der Waals surface area contributed by atoms with E-state index in [4.69, 9.17) is 37.9 Å². The minimum atomic E-state index is -1.57. The molecule has 56 heavy (non-hydrogen) atoms. The van der Waals surface area contributed by atoms with Crippen LogP contribution in [0.4, 0.5) is 8.78 Å². The highest BCUT2D eigenvalue weighted by molar-refractivity contribution is 5.87. The largest absolute Gasteiger partial charge is 0.464 e. The van der Waals surface area contributed by atoms with Crippen molar-refractivity contribution in [2.75, 3.05) is 26.4 Å². The highest BCUT2D eigenvalue weighted by Crippen LogP contribution is 2.37. The van der Waals surface area contributed by atoms with Crippen LogP contribution in [0.2, 0.25) is 0 Å². The number of halogens is 2. The molecule has 14 heteroatoms. The molecule has 0 radical (unpaired) electrons. The van der Waals surface area contributed by atoms with Gasteiger partial charge in [-0.3, -0.25) is 0 Å². The second-order valence-electron chi connectivity index (χ2n) is 12.7. The van der Waals surface area contributed by atoms with E-state index in [-0.39, 0.29) is 37.6 Å². The van der Waals surface area contributed by atoms with Gasteiger partial charge in [0.2, 0.25) is 0 Å². The lowest BCUT2D eigenvalue weighted by atomic mass is 10.0. The van der Waals surface area contributed by atoms with Gasteiger partial charge >= 0.3 is 23.9 Å². The first kappa shape index (κ1) is 42.0. The fourth-order valence-electron chi connectivity index (χ4n) is 5.72. The molecular formula is C42H44F2O12. The molecule has 0 saturated carbocycles. The van der Waals surface area contributed by atoms with Gasteiger partial charge in [-0.15, -0.1) is 0 Å². The lowest BCUT2D eigenvalue weighted by Gasteiger charge is -2.14. The maximum Gasteiger partial charge on any atom is 0.338 e. The third-order valence-corrected chi connectivity index (χ3v) is 8.71. The molecule has 0 spiro atoms. The van der Waals surface area contributed by atoms with Crippen molar-refractivity contribution in [2.45, 2.75) is 90.4 Å². The number of hydrogen-bond donors (Lipinski definition) is 0. The third-order valence-electron chi connectivity index (χ3n) is 8.71. The van der Waals surface area contributed by atoms with Crippen LogP contribution in [0.3, 0.4) is 0 Å². The molecule has 2 fully saturated rings. The SMILES string of the molecule is CCCCOC(=O)[C@@H]1OC(c2ccc(C#Cc3ccc(-c4ccc(C5O[C@@H](C(=O)OCC)[C@H](C(=O)OCC)O5)c(F)c4F)cc3)cc2)O[C@H]1C(=O)OCCCC. The van der Waals surface area contributed by atoms with Crippen LogP contribution in [0, 0.1) is 23.5 Å². The molecule has 0 bridgehead atoms. The molecule has 0 unspecified atom stereocenters. The van der Waals surface area contributed by atoms with Crippen LogP contribution < -0.4 is 0 Å². The zero-order chi connectivity index (χ0) is 40.2. The fourth-order valence-corrected chi connectivity index (χ4v) is 5.72. The number of hydrogen-bond acceptors (Lipinski definition) is 12. The van der Waals surface area contributed by atoms with Crippen molar-refractivity contribution in [1.82, 2.24) is 0 Å². The summed E-state index contributed by atoms with van der Waals surface area (Å²) in [6, 6.07) is 15.9. The Morgan fingerprint density at radius 2 is 0.982 bits per heavy atom. The smallest absolute Gasteiger partial charge is 0.338 e. The van der Waals surface area contributed by atoms with E-state index >= 15 is 8.78 Å². The zero-order valence-corrected chi connectivity index (χ0v) is 31.5. The van der Waals surface area contributed by atoms with Gasteiger partial charge in [0.1, 0.15) is 0 Å². The highest BCUT2D eigenvalue weighted by atomic mass is 19.2. The molecule has 2 aliphatic rings. The van der Waals surface area contributed by atoms with E-state index in [1.165, 1.54) is 12.1 Å². The Labute approximate surface area is 323 Å². The van der Waals surface area contributed by atoms with Crippen molar-refractivity contribution in [1.29, 1.82) is 0 Å². The van der Waals surface area contributed by atoms with Gasteiger partial charge in [-0.05, 0) is 56.5 Å². The first-order valence-electron chi connectivity index (χ1n) is 18.6. The fraction of sp³-hybridized carbons (Fsp3) is 0.429. The monoisotopic (exact) mass is 778 g/mol. The molecule has 4 atom stereocenters. The average Bonchev–Trinajstić information content (AvgIpc) is 3.86. The van der Waals surface area contributed by atoms with Gasteiger partial charge in [-0.2, -0.15) is 0 Å². The Morgan fingerprint density at radius 1 is 0.554 bits per heavy atom. The summed E-state index contributed by atoms with van der Waals surface area (Å²) in [5.41, 5.74) is 1.75. The van der Waals surface area contributed by atoms with Crippen LogP contribution in [-0.2, 0) is 57.1 Å². The van der Waals surface area contributed by atoms with E-state index in [9.17, 15) is 19.2 Å². The summed E-state index contributed by atoms with van der Waals surface area (Å²) in [4.78, 5) is 50.4. The summed E-state index contributed by atoms with van der Waals surface area (Å²) < 4.78 is 74.2. The molecule has 0 amide bonds. The number of ether oxygens (including phenoxy) is 8. The van der Waals surface area contributed by atoms with E-state index in [0.29, 0.717) is 35.1 Å². The van der Waals surface area contributed by atoms with Crippen LogP contribution >= 0.6 is 0 Å². The van der Waals surface area contributed by atoms with Gasteiger partial charge in [-0.25, -0.2) is 28.0 Å². The first-order chi connectivity index (χ1) is 27.1. The number of unbranched alkanes of at least 4 members (excludes halogenated alkanes) is 2. The Kier molecular flexibility index (Phi) is 15.1. The molecule has 5 rings (SSSR count). The van der Waals surface area contributed by atoms with Crippen molar-refractivity contribution >= 4 is 23.9 Å². The van der Waals surface area contributed by atoms with E-state index in [1.807, 2.05) is 13.8 Å². The summed E-state index contributed by atoms with van der Waals surface area (Å²) in [5.74, 6) is 0.428. The maximum atomic E-state index is 15.5. The average molecular weight is 779 g/mol. The van der Waals surface area contributed by atoms with Crippen molar-refractivity contribution in [2.24, 2.45) is 0 Å². The van der Waals surface area contributed by atoms with Gasteiger partial charge in [0.15, 0.2) is 48.6 Å². The molecule has 2 heterocycles. The van der Waals surface area contributed by atoms with Crippen molar-refractivity contribution < 1.29 is 65.9 Å². The summed E-state index contributed by atoms with van der Waals surface area (Å²) in [5, 5.41) is 0. The van der Waals surface area contributed by atoms with Gasteiger partial charge in [0.25, 0.3) is 0 Å². The lowest BCUT2D eigenvalue weighted by Crippen LogP contribution is -2.39. The van der Waals surface area contributed by atoms with Gasteiger partial charge in [0.05, 0.1) is 26.4 Å². The molecule has 12 nitrogen and oxygen atoms in total. The molecule has 2 aliphatic heterocycles. The second-order valence-corrected chi connectivity index (χ2v) is 12.7. The summed E-state index contributed by atoms with van der Waals surface area (Å²) in [7, 11) is 0. The molecule has 3 aromatic rings. The van der Waals surface area contributed by atoms with Crippen LogP contribution in [0.25, 0.3) is 11.1 Å². The van der Waals surface area contributed by atoms with E-state index in [2.05, 4.69) is 11.8 Å². The van der Waals surface area contributed by atoms with Gasteiger partial charge < -0.3 is 37.9 Å². The highest BCUT2D eigenvalue weighted by Gasteiger charge is 2.49. The first-order valence-corrected chi connectivity index (χ1v) is 18.6. The van der Waals surface area contributed by atoms with E-state index in [0.717, 1.165) is 12.8 Å². The van der Waals surface area contributed by atoms with Gasteiger partial charge in [0, 0.05) is 27.8 Å².